The predicted molar refractivity (Wildman–Crippen MR) is 114 cm³/mol. The molecule has 1 fully saturated rings. The molecule has 2 aromatic rings. The molecular formula is C24H25NO6. The third-order valence-electron chi connectivity index (χ3n) is 4.94. The van der Waals surface area contributed by atoms with E-state index in [9.17, 15) is 19.2 Å². The lowest BCUT2D eigenvalue weighted by Gasteiger charge is -2.18. The monoisotopic (exact) mass is 423 g/mol. The molecule has 2 atom stereocenters. The Labute approximate surface area is 180 Å². The lowest BCUT2D eigenvalue weighted by Crippen LogP contribution is -2.30. The van der Waals surface area contributed by atoms with Crippen molar-refractivity contribution in [1.29, 1.82) is 0 Å². The molecule has 0 N–H and O–H groups in total. The largest absolute Gasteiger partial charge is 0.459 e. The number of nitrogens with zero attached hydrogens (tertiary/aromatic N) is 1. The van der Waals surface area contributed by atoms with Gasteiger partial charge in [-0.3, -0.25) is 14.4 Å². The van der Waals surface area contributed by atoms with Gasteiger partial charge < -0.3 is 14.4 Å². The highest BCUT2D eigenvalue weighted by Gasteiger charge is 2.37. The van der Waals surface area contributed by atoms with E-state index in [1.165, 1.54) is 11.8 Å². The van der Waals surface area contributed by atoms with Gasteiger partial charge in [0.2, 0.25) is 11.7 Å². The number of esters is 2. The summed E-state index contributed by atoms with van der Waals surface area (Å²) in [4.78, 5) is 50.8. The summed E-state index contributed by atoms with van der Waals surface area (Å²) < 4.78 is 10.5. The van der Waals surface area contributed by atoms with Gasteiger partial charge in [0, 0.05) is 24.2 Å². The van der Waals surface area contributed by atoms with Crippen molar-refractivity contribution >= 4 is 29.3 Å². The zero-order chi connectivity index (χ0) is 22.5. The van der Waals surface area contributed by atoms with Gasteiger partial charge in [-0.1, -0.05) is 30.3 Å². The molecule has 7 heteroatoms. The fourth-order valence-electron chi connectivity index (χ4n) is 3.34. The summed E-state index contributed by atoms with van der Waals surface area (Å²) in [5.41, 5.74) is 1.42. The van der Waals surface area contributed by atoms with Crippen molar-refractivity contribution in [3.8, 4) is 0 Å². The van der Waals surface area contributed by atoms with E-state index in [0.29, 0.717) is 16.8 Å². The van der Waals surface area contributed by atoms with Gasteiger partial charge in [-0.15, -0.1) is 0 Å². The van der Waals surface area contributed by atoms with Crippen molar-refractivity contribution in [2.75, 3.05) is 11.4 Å². The van der Waals surface area contributed by atoms with Crippen molar-refractivity contribution < 1.29 is 28.7 Å². The summed E-state index contributed by atoms with van der Waals surface area (Å²) in [5.74, 6) is -2.19. The minimum Gasteiger partial charge on any atom is -0.459 e. The maximum absolute atomic E-state index is 12.5. The molecule has 0 aliphatic carbocycles. The van der Waals surface area contributed by atoms with Gasteiger partial charge in [-0.2, -0.15) is 0 Å². The normalized spacial score (nSPS) is 16.8. The maximum atomic E-state index is 12.5. The summed E-state index contributed by atoms with van der Waals surface area (Å²) in [6.45, 7) is 5.21. The number of benzene rings is 2. The standard InChI is InChI=1S/C24H25NO6/c1-15(2)30-23(28)18-9-11-20(12-10-18)25-14-19(13-21(25)26)24(29)31-16(3)22(27)17-7-5-4-6-8-17/h4-12,15-16,19H,13-14H2,1-3H3/t16-,19-/m1/s1. The molecule has 1 aliphatic heterocycles. The third kappa shape index (κ3) is 5.36. The highest BCUT2D eigenvalue weighted by Crippen LogP contribution is 2.27. The van der Waals surface area contributed by atoms with Crippen LogP contribution in [0.5, 0.6) is 0 Å². The average Bonchev–Trinajstić information content (AvgIpc) is 3.15. The smallest absolute Gasteiger partial charge is 0.338 e. The van der Waals surface area contributed by atoms with Crippen molar-refractivity contribution in [1.82, 2.24) is 0 Å². The molecule has 0 saturated carbocycles. The van der Waals surface area contributed by atoms with Crippen LogP contribution in [0.25, 0.3) is 0 Å². The molecule has 162 valence electrons. The molecule has 0 aromatic heterocycles. The zero-order valence-electron chi connectivity index (χ0n) is 17.7. The number of Topliss-reactive ketones (excluding diaryl/α,β-unsaturated/α-hetero) is 1. The molecule has 1 heterocycles. The summed E-state index contributed by atoms with van der Waals surface area (Å²) in [6.07, 6.45) is -1.16. The minimum atomic E-state index is -0.940. The predicted octanol–water partition coefficient (Wildman–Crippen LogP) is 3.42. The van der Waals surface area contributed by atoms with Crippen molar-refractivity contribution in [2.24, 2.45) is 5.92 Å². The second kappa shape index (κ2) is 9.55. The first kappa shape index (κ1) is 22.2. The summed E-state index contributed by atoms with van der Waals surface area (Å²) in [7, 11) is 0. The number of carbonyl (C=O) groups excluding carboxylic acids is 4. The summed E-state index contributed by atoms with van der Waals surface area (Å²) in [6, 6.07) is 15.0. The fraction of sp³-hybridized carbons (Fsp3) is 0.333. The minimum absolute atomic E-state index is 0.00221. The SMILES string of the molecule is CC(C)OC(=O)c1ccc(N2C[C@H](C(=O)O[C@H](C)C(=O)c3ccccc3)CC2=O)cc1. The van der Waals surface area contributed by atoms with Crippen LogP contribution in [0.4, 0.5) is 5.69 Å². The van der Waals surface area contributed by atoms with Gasteiger partial charge in [0.25, 0.3) is 0 Å². The summed E-state index contributed by atoms with van der Waals surface area (Å²) >= 11 is 0. The molecule has 0 spiro atoms. The van der Waals surface area contributed by atoms with Crippen LogP contribution in [0.3, 0.4) is 0 Å². The van der Waals surface area contributed by atoms with E-state index in [1.54, 1.807) is 68.4 Å². The second-order valence-corrected chi connectivity index (χ2v) is 7.72. The molecule has 1 saturated heterocycles. The molecule has 7 nitrogen and oxygen atoms in total. The lowest BCUT2D eigenvalue weighted by molar-refractivity contribution is -0.151. The van der Waals surface area contributed by atoms with Crippen LogP contribution < -0.4 is 4.90 Å². The van der Waals surface area contributed by atoms with Gasteiger partial charge in [-0.25, -0.2) is 4.79 Å². The van der Waals surface area contributed by atoms with E-state index in [4.69, 9.17) is 9.47 Å². The first-order chi connectivity index (χ1) is 14.8. The average molecular weight is 423 g/mol. The van der Waals surface area contributed by atoms with E-state index < -0.39 is 24.0 Å². The number of ether oxygens (including phenoxy) is 2. The molecule has 3 rings (SSSR count). The Morgan fingerprint density at radius 2 is 1.55 bits per heavy atom. The van der Waals surface area contributed by atoms with Crippen LogP contribution in [0, 0.1) is 5.92 Å². The number of hydrogen-bond donors (Lipinski definition) is 0. The maximum Gasteiger partial charge on any atom is 0.338 e. The van der Waals surface area contributed by atoms with Crippen LogP contribution in [-0.2, 0) is 19.1 Å². The Kier molecular flexibility index (Phi) is 6.84. The molecule has 0 radical (unpaired) electrons. The van der Waals surface area contributed by atoms with Crippen molar-refractivity contribution in [3.05, 3.63) is 65.7 Å². The van der Waals surface area contributed by atoms with Crippen LogP contribution >= 0.6 is 0 Å². The third-order valence-corrected chi connectivity index (χ3v) is 4.94. The number of anilines is 1. The van der Waals surface area contributed by atoms with E-state index in [-0.39, 0.29) is 30.8 Å². The van der Waals surface area contributed by atoms with Gasteiger partial charge in [0.15, 0.2) is 6.10 Å². The van der Waals surface area contributed by atoms with E-state index in [0.717, 1.165) is 0 Å². The van der Waals surface area contributed by atoms with Crippen LogP contribution in [-0.4, -0.2) is 42.4 Å². The molecule has 2 aromatic carbocycles. The Balaban J connectivity index is 1.61. The molecule has 31 heavy (non-hydrogen) atoms. The van der Waals surface area contributed by atoms with Crippen LogP contribution in [0.2, 0.25) is 0 Å². The Morgan fingerprint density at radius 3 is 2.16 bits per heavy atom. The molecule has 0 unspecified atom stereocenters. The molecular weight excluding hydrogens is 398 g/mol. The van der Waals surface area contributed by atoms with Gasteiger partial charge >= 0.3 is 11.9 Å². The van der Waals surface area contributed by atoms with E-state index in [2.05, 4.69) is 0 Å². The Morgan fingerprint density at radius 1 is 0.903 bits per heavy atom. The van der Waals surface area contributed by atoms with Crippen LogP contribution in [0.1, 0.15) is 47.9 Å². The number of ketones is 1. The lowest BCUT2D eigenvalue weighted by atomic mass is 10.1. The number of hydrogen-bond acceptors (Lipinski definition) is 6. The highest BCUT2D eigenvalue weighted by atomic mass is 16.5. The van der Waals surface area contributed by atoms with Crippen molar-refractivity contribution in [3.63, 3.8) is 0 Å². The Hall–Kier alpha value is -3.48. The number of carbonyl (C=O) groups is 4. The number of amides is 1. The van der Waals surface area contributed by atoms with Crippen LogP contribution in [0.15, 0.2) is 54.6 Å². The summed E-state index contributed by atoms with van der Waals surface area (Å²) in [5, 5.41) is 0. The molecule has 0 bridgehead atoms. The molecule has 1 amide bonds. The first-order valence-electron chi connectivity index (χ1n) is 10.2. The quantitative estimate of drug-likeness (QED) is 0.501. The first-order valence-corrected chi connectivity index (χ1v) is 10.2. The van der Waals surface area contributed by atoms with E-state index in [1.807, 2.05) is 0 Å². The fourth-order valence-corrected chi connectivity index (χ4v) is 3.34. The number of rotatable bonds is 7. The second-order valence-electron chi connectivity index (χ2n) is 7.72. The van der Waals surface area contributed by atoms with Gasteiger partial charge in [-0.05, 0) is 45.0 Å². The highest BCUT2D eigenvalue weighted by molar-refractivity contribution is 6.02. The van der Waals surface area contributed by atoms with Gasteiger partial charge in [0.05, 0.1) is 17.6 Å². The zero-order valence-corrected chi connectivity index (χ0v) is 17.7. The topological polar surface area (TPSA) is 90.0 Å². The van der Waals surface area contributed by atoms with Crippen molar-refractivity contribution in [2.45, 2.75) is 39.4 Å². The van der Waals surface area contributed by atoms with E-state index >= 15 is 0 Å². The van der Waals surface area contributed by atoms with Gasteiger partial charge in [0.1, 0.15) is 0 Å². The Bertz CT molecular complexity index is 967. The molecule has 1 aliphatic rings.